The summed E-state index contributed by atoms with van der Waals surface area (Å²) in [5, 5.41) is 2.98. The summed E-state index contributed by atoms with van der Waals surface area (Å²) in [7, 11) is 1.65. The number of ether oxygens (including phenoxy) is 1. The smallest absolute Gasteiger partial charge is 0.223 e. The Morgan fingerprint density at radius 2 is 2.00 bits per heavy atom. The fraction of sp³-hybridized carbons (Fsp3) is 0.533. The van der Waals surface area contributed by atoms with Gasteiger partial charge in [0, 0.05) is 18.0 Å². The number of rotatable bonds is 6. The summed E-state index contributed by atoms with van der Waals surface area (Å²) in [4.78, 5) is 11.9. The minimum atomic E-state index is 0.112. The van der Waals surface area contributed by atoms with Crippen LogP contribution in [0.2, 0.25) is 0 Å². The average Bonchev–Trinajstić information content (AvgIpc) is 2.38. The fourth-order valence-electron chi connectivity index (χ4n) is 2.03. The van der Waals surface area contributed by atoms with E-state index in [2.05, 4.69) is 5.32 Å². The molecule has 1 rings (SSSR count). The number of carbonyl (C=O) groups excluding carboxylic acids is 1. The Kier molecular flexibility index (Phi) is 5.69. The van der Waals surface area contributed by atoms with Crippen LogP contribution in [0.15, 0.2) is 18.2 Å². The normalized spacial score (nSPS) is 10.5. The van der Waals surface area contributed by atoms with Crippen molar-refractivity contribution >= 4 is 5.91 Å². The Morgan fingerprint density at radius 3 is 2.56 bits per heavy atom. The van der Waals surface area contributed by atoms with Crippen molar-refractivity contribution in [1.29, 1.82) is 0 Å². The largest absolute Gasteiger partial charge is 0.496 e. The van der Waals surface area contributed by atoms with Gasteiger partial charge in [0.15, 0.2) is 0 Å². The van der Waals surface area contributed by atoms with Gasteiger partial charge < -0.3 is 10.1 Å². The van der Waals surface area contributed by atoms with Gasteiger partial charge in [-0.1, -0.05) is 31.5 Å². The van der Waals surface area contributed by atoms with Crippen molar-refractivity contribution < 1.29 is 9.53 Å². The van der Waals surface area contributed by atoms with Crippen LogP contribution in [-0.2, 0) is 11.3 Å². The maximum atomic E-state index is 11.9. The lowest BCUT2D eigenvalue weighted by atomic mass is 10.0. The Labute approximate surface area is 110 Å². The Balaban J connectivity index is 2.68. The summed E-state index contributed by atoms with van der Waals surface area (Å²) >= 11 is 0. The highest BCUT2D eigenvalue weighted by Crippen LogP contribution is 2.19. The minimum Gasteiger partial charge on any atom is -0.496 e. The lowest BCUT2D eigenvalue weighted by Gasteiger charge is -2.14. The second-order valence-corrected chi connectivity index (χ2v) is 4.55. The molecule has 0 fully saturated rings. The van der Waals surface area contributed by atoms with Crippen molar-refractivity contribution in [2.75, 3.05) is 7.11 Å². The van der Waals surface area contributed by atoms with E-state index < -0.39 is 0 Å². The van der Waals surface area contributed by atoms with Gasteiger partial charge in [-0.25, -0.2) is 0 Å². The van der Waals surface area contributed by atoms with E-state index in [1.165, 1.54) is 5.56 Å². The summed E-state index contributed by atoms with van der Waals surface area (Å²) in [5.41, 5.74) is 2.19. The maximum Gasteiger partial charge on any atom is 0.223 e. The highest BCUT2D eigenvalue weighted by Gasteiger charge is 2.14. The topological polar surface area (TPSA) is 38.3 Å². The predicted molar refractivity (Wildman–Crippen MR) is 73.6 cm³/mol. The van der Waals surface area contributed by atoms with Gasteiger partial charge in [-0.05, 0) is 25.8 Å². The molecule has 0 atom stereocenters. The minimum absolute atomic E-state index is 0.112. The van der Waals surface area contributed by atoms with Crippen LogP contribution in [0.1, 0.15) is 37.8 Å². The van der Waals surface area contributed by atoms with Crippen molar-refractivity contribution in [3.63, 3.8) is 0 Å². The van der Waals surface area contributed by atoms with E-state index in [-0.39, 0.29) is 11.8 Å². The number of carbonyl (C=O) groups is 1. The standard InChI is InChI=1S/C15H23NO2/c1-5-12(6-2)15(17)16-10-13-9-11(3)7-8-14(13)18-4/h7-9,12H,5-6,10H2,1-4H3,(H,16,17). The molecule has 1 aromatic carbocycles. The van der Waals surface area contributed by atoms with Gasteiger partial charge in [0.25, 0.3) is 0 Å². The van der Waals surface area contributed by atoms with E-state index >= 15 is 0 Å². The maximum absolute atomic E-state index is 11.9. The molecule has 1 aromatic rings. The molecule has 3 heteroatoms. The number of aryl methyl sites for hydroxylation is 1. The quantitative estimate of drug-likeness (QED) is 0.841. The van der Waals surface area contributed by atoms with Crippen LogP contribution in [0, 0.1) is 12.8 Å². The Hall–Kier alpha value is -1.51. The first-order valence-electron chi connectivity index (χ1n) is 6.53. The third kappa shape index (κ3) is 3.76. The number of amides is 1. The summed E-state index contributed by atoms with van der Waals surface area (Å²) in [5.74, 6) is 1.06. The van der Waals surface area contributed by atoms with E-state index in [1.54, 1.807) is 7.11 Å². The van der Waals surface area contributed by atoms with E-state index in [1.807, 2.05) is 39.0 Å². The lowest BCUT2D eigenvalue weighted by molar-refractivity contribution is -0.125. The molecule has 0 radical (unpaired) electrons. The van der Waals surface area contributed by atoms with Crippen LogP contribution in [0.5, 0.6) is 5.75 Å². The van der Waals surface area contributed by atoms with Gasteiger partial charge in [0.2, 0.25) is 5.91 Å². The molecule has 0 saturated carbocycles. The van der Waals surface area contributed by atoms with Gasteiger partial charge in [-0.2, -0.15) is 0 Å². The van der Waals surface area contributed by atoms with Crippen molar-refractivity contribution in [3.8, 4) is 5.75 Å². The zero-order chi connectivity index (χ0) is 13.5. The number of methoxy groups -OCH3 is 1. The summed E-state index contributed by atoms with van der Waals surface area (Å²) in [6, 6.07) is 5.99. The molecule has 0 bridgehead atoms. The van der Waals surface area contributed by atoms with Crippen LogP contribution in [-0.4, -0.2) is 13.0 Å². The second kappa shape index (κ2) is 7.04. The van der Waals surface area contributed by atoms with Crippen LogP contribution in [0.25, 0.3) is 0 Å². The molecule has 0 saturated heterocycles. The van der Waals surface area contributed by atoms with Crippen molar-refractivity contribution in [1.82, 2.24) is 5.32 Å². The molecule has 1 N–H and O–H groups in total. The molecular weight excluding hydrogens is 226 g/mol. The molecule has 0 spiro atoms. The predicted octanol–water partition coefficient (Wildman–Crippen LogP) is 3.06. The third-order valence-corrected chi connectivity index (χ3v) is 3.25. The number of hydrogen-bond donors (Lipinski definition) is 1. The molecule has 1 amide bonds. The molecule has 0 aliphatic rings. The molecule has 0 aromatic heterocycles. The number of benzene rings is 1. The number of hydrogen-bond acceptors (Lipinski definition) is 2. The monoisotopic (exact) mass is 249 g/mol. The van der Waals surface area contributed by atoms with E-state index in [0.717, 1.165) is 24.2 Å². The first kappa shape index (κ1) is 14.6. The molecule has 0 unspecified atom stereocenters. The Morgan fingerprint density at radius 1 is 1.33 bits per heavy atom. The molecular formula is C15H23NO2. The molecule has 0 aliphatic carbocycles. The van der Waals surface area contributed by atoms with Crippen molar-refractivity contribution in [2.45, 2.75) is 40.2 Å². The van der Waals surface area contributed by atoms with E-state index in [0.29, 0.717) is 6.54 Å². The van der Waals surface area contributed by atoms with Gasteiger partial charge in [-0.3, -0.25) is 4.79 Å². The van der Waals surface area contributed by atoms with Crippen LogP contribution < -0.4 is 10.1 Å². The highest BCUT2D eigenvalue weighted by atomic mass is 16.5. The summed E-state index contributed by atoms with van der Waals surface area (Å²) in [6.07, 6.45) is 1.76. The van der Waals surface area contributed by atoms with Crippen LogP contribution >= 0.6 is 0 Å². The average molecular weight is 249 g/mol. The molecule has 18 heavy (non-hydrogen) atoms. The van der Waals surface area contributed by atoms with E-state index in [4.69, 9.17) is 4.74 Å². The van der Waals surface area contributed by atoms with Crippen molar-refractivity contribution in [2.24, 2.45) is 5.92 Å². The van der Waals surface area contributed by atoms with Gasteiger partial charge in [-0.15, -0.1) is 0 Å². The van der Waals surface area contributed by atoms with Gasteiger partial charge in [0.05, 0.1) is 7.11 Å². The number of nitrogens with one attached hydrogen (secondary N) is 1. The van der Waals surface area contributed by atoms with Gasteiger partial charge in [0.1, 0.15) is 5.75 Å². The first-order chi connectivity index (χ1) is 8.62. The summed E-state index contributed by atoms with van der Waals surface area (Å²) in [6.45, 7) is 6.65. The molecule has 0 heterocycles. The highest BCUT2D eigenvalue weighted by molar-refractivity contribution is 5.78. The fourth-order valence-corrected chi connectivity index (χ4v) is 2.03. The zero-order valence-corrected chi connectivity index (χ0v) is 11.7. The van der Waals surface area contributed by atoms with Gasteiger partial charge >= 0.3 is 0 Å². The Bertz CT molecular complexity index is 397. The first-order valence-corrected chi connectivity index (χ1v) is 6.53. The zero-order valence-electron chi connectivity index (χ0n) is 11.7. The second-order valence-electron chi connectivity index (χ2n) is 4.55. The van der Waals surface area contributed by atoms with E-state index in [9.17, 15) is 4.79 Å². The van der Waals surface area contributed by atoms with Crippen molar-refractivity contribution in [3.05, 3.63) is 29.3 Å². The molecule has 0 aliphatic heterocycles. The lowest BCUT2D eigenvalue weighted by Crippen LogP contribution is -2.29. The summed E-state index contributed by atoms with van der Waals surface area (Å²) < 4.78 is 5.29. The van der Waals surface area contributed by atoms with Crippen LogP contribution in [0.3, 0.4) is 0 Å². The SMILES string of the molecule is CCC(CC)C(=O)NCc1cc(C)ccc1OC. The molecule has 3 nitrogen and oxygen atoms in total. The third-order valence-electron chi connectivity index (χ3n) is 3.25. The molecule has 100 valence electrons. The van der Waals surface area contributed by atoms with Crippen LogP contribution in [0.4, 0.5) is 0 Å².